The summed E-state index contributed by atoms with van der Waals surface area (Å²) in [6.45, 7) is 0.948. The fourth-order valence-electron chi connectivity index (χ4n) is 2.21. The van der Waals surface area contributed by atoms with E-state index in [1.165, 1.54) is 0 Å². The molecule has 0 bridgehead atoms. The van der Waals surface area contributed by atoms with Crippen LogP contribution in [0.3, 0.4) is 0 Å². The second-order valence-corrected chi connectivity index (χ2v) is 4.31. The first kappa shape index (κ1) is 12.4. The fraction of sp³-hybridized carbons (Fsp3) is 0.500. The summed E-state index contributed by atoms with van der Waals surface area (Å²) in [5.41, 5.74) is 0.129. The van der Waals surface area contributed by atoms with Crippen molar-refractivity contribution >= 4 is 0 Å². The van der Waals surface area contributed by atoms with E-state index in [4.69, 9.17) is 5.11 Å². The lowest BCUT2D eigenvalue weighted by atomic mass is 10.1. The SMILES string of the molecule is OC[C@@H]1CCCN1Cc1cc(F)c(F)cc1F. The molecule has 1 aromatic rings. The Morgan fingerprint density at radius 3 is 2.59 bits per heavy atom. The molecule has 94 valence electrons. The van der Waals surface area contributed by atoms with Gasteiger partial charge in [0.05, 0.1) is 6.61 Å². The van der Waals surface area contributed by atoms with Crippen LogP contribution in [-0.4, -0.2) is 29.2 Å². The molecule has 17 heavy (non-hydrogen) atoms. The highest BCUT2D eigenvalue weighted by Crippen LogP contribution is 2.22. The quantitative estimate of drug-likeness (QED) is 0.824. The Kier molecular flexibility index (Phi) is 3.69. The molecule has 0 spiro atoms. The number of likely N-dealkylation sites (tertiary alicyclic amines) is 1. The maximum absolute atomic E-state index is 13.4. The fourth-order valence-corrected chi connectivity index (χ4v) is 2.21. The lowest BCUT2D eigenvalue weighted by Crippen LogP contribution is -2.32. The summed E-state index contributed by atoms with van der Waals surface area (Å²) in [7, 11) is 0. The first-order valence-electron chi connectivity index (χ1n) is 5.60. The number of hydrogen-bond donors (Lipinski definition) is 1. The van der Waals surface area contributed by atoms with Crippen molar-refractivity contribution in [2.75, 3.05) is 13.2 Å². The van der Waals surface area contributed by atoms with E-state index in [9.17, 15) is 13.2 Å². The van der Waals surface area contributed by atoms with E-state index in [1.807, 2.05) is 4.90 Å². The minimum absolute atomic E-state index is 0.00525. The normalized spacial score (nSPS) is 21.1. The third-order valence-corrected chi connectivity index (χ3v) is 3.17. The molecule has 2 rings (SSSR count). The van der Waals surface area contributed by atoms with E-state index in [2.05, 4.69) is 0 Å². The van der Waals surface area contributed by atoms with E-state index < -0.39 is 17.5 Å². The van der Waals surface area contributed by atoms with Gasteiger partial charge in [-0.3, -0.25) is 4.90 Å². The number of halogens is 3. The third kappa shape index (κ3) is 2.61. The van der Waals surface area contributed by atoms with Crippen LogP contribution < -0.4 is 0 Å². The predicted molar refractivity (Wildman–Crippen MR) is 56.8 cm³/mol. The van der Waals surface area contributed by atoms with E-state index >= 15 is 0 Å². The molecule has 0 saturated carbocycles. The van der Waals surface area contributed by atoms with Gasteiger partial charge in [0.2, 0.25) is 0 Å². The highest BCUT2D eigenvalue weighted by Gasteiger charge is 2.24. The molecule has 1 fully saturated rings. The molecule has 1 heterocycles. The molecule has 0 aromatic heterocycles. The van der Waals surface area contributed by atoms with Crippen molar-refractivity contribution in [2.24, 2.45) is 0 Å². The summed E-state index contributed by atoms with van der Waals surface area (Å²) in [5, 5.41) is 9.11. The van der Waals surface area contributed by atoms with E-state index in [-0.39, 0.29) is 24.8 Å². The van der Waals surface area contributed by atoms with Crippen LogP contribution in [0.2, 0.25) is 0 Å². The minimum Gasteiger partial charge on any atom is -0.395 e. The third-order valence-electron chi connectivity index (χ3n) is 3.17. The highest BCUT2D eigenvalue weighted by molar-refractivity contribution is 5.20. The Bertz CT molecular complexity index is 411. The second-order valence-electron chi connectivity index (χ2n) is 4.31. The van der Waals surface area contributed by atoms with Gasteiger partial charge in [-0.15, -0.1) is 0 Å². The largest absolute Gasteiger partial charge is 0.395 e. The maximum atomic E-state index is 13.4. The first-order valence-corrected chi connectivity index (χ1v) is 5.60. The van der Waals surface area contributed by atoms with Crippen molar-refractivity contribution in [3.05, 3.63) is 35.1 Å². The molecular weight excluding hydrogens is 231 g/mol. The number of aliphatic hydroxyl groups excluding tert-OH is 1. The van der Waals surface area contributed by atoms with Crippen molar-refractivity contribution in [3.63, 3.8) is 0 Å². The van der Waals surface area contributed by atoms with Gasteiger partial charge in [-0.1, -0.05) is 0 Å². The summed E-state index contributed by atoms with van der Waals surface area (Å²) < 4.78 is 39.2. The van der Waals surface area contributed by atoms with Gasteiger partial charge in [0, 0.05) is 24.2 Å². The van der Waals surface area contributed by atoms with Crippen LogP contribution in [0, 0.1) is 17.5 Å². The van der Waals surface area contributed by atoms with Crippen LogP contribution in [-0.2, 0) is 6.54 Å². The average Bonchev–Trinajstić information content (AvgIpc) is 2.73. The van der Waals surface area contributed by atoms with Gasteiger partial charge >= 0.3 is 0 Å². The summed E-state index contributed by atoms with van der Waals surface area (Å²) in [6, 6.07) is 1.44. The molecule has 0 aliphatic carbocycles. The van der Waals surface area contributed by atoms with E-state index in [0.29, 0.717) is 6.07 Å². The smallest absolute Gasteiger partial charge is 0.161 e. The molecule has 1 N–H and O–H groups in total. The van der Waals surface area contributed by atoms with E-state index in [1.54, 1.807) is 0 Å². The monoisotopic (exact) mass is 245 g/mol. The van der Waals surface area contributed by atoms with Crippen molar-refractivity contribution in [2.45, 2.75) is 25.4 Å². The Morgan fingerprint density at radius 1 is 1.18 bits per heavy atom. The molecule has 5 heteroatoms. The number of nitrogens with zero attached hydrogens (tertiary/aromatic N) is 1. The van der Waals surface area contributed by atoms with Gasteiger partial charge in [0.25, 0.3) is 0 Å². The van der Waals surface area contributed by atoms with Gasteiger partial charge in [0.1, 0.15) is 5.82 Å². The van der Waals surface area contributed by atoms with Crippen molar-refractivity contribution in [1.82, 2.24) is 4.90 Å². The summed E-state index contributed by atoms with van der Waals surface area (Å²) >= 11 is 0. The first-order chi connectivity index (χ1) is 8.11. The van der Waals surface area contributed by atoms with Crippen LogP contribution >= 0.6 is 0 Å². The van der Waals surface area contributed by atoms with Gasteiger partial charge < -0.3 is 5.11 Å². The van der Waals surface area contributed by atoms with Gasteiger partial charge in [-0.05, 0) is 25.5 Å². The molecule has 1 aliphatic heterocycles. The lowest BCUT2D eigenvalue weighted by Gasteiger charge is -2.22. The summed E-state index contributed by atoms with van der Waals surface area (Å²) in [6.07, 6.45) is 1.78. The van der Waals surface area contributed by atoms with Crippen molar-refractivity contribution in [1.29, 1.82) is 0 Å². The minimum atomic E-state index is -1.17. The molecule has 1 atom stereocenters. The van der Waals surface area contributed by atoms with Gasteiger partial charge in [0.15, 0.2) is 11.6 Å². The summed E-state index contributed by atoms with van der Waals surface area (Å²) in [4.78, 5) is 1.88. The van der Waals surface area contributed by atoms with Crippen LogP contribution in [0.4, 0.5) is 13.2 Å². The van der Waals surface area contributed by atoms with Crippen LogP contribution in [0.15, 0.2) is 12.1 Å². The molecule has 1 aliphatic rings. The second kappa shape index (κ2) is 5.06. The maximum Gasteiger partial charge on any atom is 0.161 e. The predicted octanol–water partition coefficient (Wildman–Crippen LogP) is 2.06. The van der Waals surface area contributed by atoms with Crippen molar-refractivity contribution in [3.8, 4) is 0 Å². The molecule has 2 nitrogen and oxygen atoms in total. The Balaban J connectivity index is 2.15. The van der Waals surface area contributed by atoms with Crippen molar-refractivity contribution < 1.29 is 18.3 Å². The zero-order valence-electron chi connectivity index (χ0n) is 9.30. The molecular formula is C12H14F3NO. The Morgan fingerprint density at radius 2 is 1.88 bits per heavy atom. The zero-order chi connectivity index (χ0) is 12.4. The van der Waals surface area contributed by atoms with Gasteiger partial charge in [-0.2, -0.15) is 0 Å². The Labute approximate surface area is 97.7 Å². The number of hydrogen-bond acceptors (Lipinski definition) is 2. The summed E-state index contributed by atoms with van der Waals surface area (Å²) in [5.74, 6) is -2.96. The standard InChI is InChI=1S/C12H14F3NO/c13-10-5-12(15)11(14)4-8(10)6-16-3-1-2-9(16)7-17/h4-5,9,17H,1-3,6-7H2/t9-/m0/s1. The molecule has 0 radical (unpaired) electrons. The lowest BCUT2D eigenvalue weighted by molar-refractivity contribution is 0.152. The van der Waals surface area contributed by atoms with Crippen LogP contribution in [0.25, 0.3) is 0 Å². The molecule has 1 saturated heterocycles. The molecule has 1 aromatic carbocycles. The Hall–Kier alpha value is -1.07. The molecule has 0 amide bonds. The average molecular weight is 245 g/mol. The van der Waals surface area contributed by atoms with Crippen LogP contribution in [0.5, 0.6) is 0 Å². The van der Waals surface area contributed by atoms with E-state index in [0.717, 1.165) is 25.5 Å². The topological polar surface area (TPSA) is 23.5 Å². The van der Waals surface area contributed by atoms with Gasteiger partial charge in [-0.25, -0.2) is 13.2 Å². The number of aliphatic hydroxyl groups is 1. The number of rotatable bonds is 3. The zero-order valence-corrected chi connectivity index (χ0v) is 9.30. The molecule has 0 unspecified atom stereocenters. The van der Waals surface area contributed by atoms with Crippen LogP contribution in [0.1, 0.15) is 18.4 Å². The highest BCUT2D eigenvalue weighted by atomic mass is 19.2. The number of benzene rings is 1.